The van der Waals surface area contributed by atoms with Crippen molar-refractivity contribution < 1.29 is 4.79 Å². The maximum Gasteiger partial charge on any atom is 0.217 e. The summed E-state index contributed by atoms with van der Waals surface area (Å²) < 4.78 is 0. The summed E-state index contributed by atoms with van der Waals surface area (Å²) in [7, 11) is 0. The van der Waals surface area contributed by atoms with Gasteiger partial charge in [0, 0.05) is 25.4 Å². The third-order valence-corrected chi connectivity index (χ3v) is 3.86. The second-order valence-electron chi connectivity index (χ2n) is 5.56. The highest BCUT2D eigenvalue weighted by molar-refractivity contribution is 5.72. The zero-order valence-corrected chi connectivity index (χ0v) is 12.6. The first kappa shape index (κ1) is 14.6. The highest BCUT2D eigenvalue weighted by Crippen LogP contribution is 2.31. The van der Waals surface area contributed by atoms with Gasteiger partial charge >= 0.3 is 0 Å². The maximum atomic E-state index is 11.0. The molecule has 0 saturated carbocycles. The number of hydrogen-bond acceptors (Lipinski definition) is 5. The fourth-order valence-corrected chi connectivity index (χ4v) is 2.83. The number of nitrogens with one attached hydrogen (secondary N) is 2. The Morgan fingerprint density at radius 1 is 1.50 bits per heavy atom. The molecule has 1 fully saturated rings. The Kier molecular flexibility index (Phi) is 4.43. The van der Waals surface area contributed by atoms with Crippen molar-refractivity contribution in [2.75, 3.05) is 6.54 Å². The minimum absolute atomic E-state index is 0.0612. The average molecular weight is 300 g/mol. The van der Waals surface area contributed by atoms with Crippen LogP contribution in [-0.4, -0.2) is 37.5 Å². The lowest BCUT2D eigenvalue weighted by molar-refractivity contribution is -0.119. The molecule has 3 rings (SSSR count). The predicted octanol–water partition coefficient (Wildman–Crippen LogP) is 1.17. The van der Waals surface area contributed by atoms with Gasteiger partial charge in [0.05, 0.1) is 36.4 Å². The summed E-state index contributed by atoms with van der Waals surface area (Å²) in [6.45, 7) is 3.80. The molecule has 2 N–H and O–H groups in total. The van der Waals surface area contributed by atoms with Gasteiger partial charge in [0.2, 0.25) is 5.91 Å². The first-order chi connectivity index (χ1) is 10.7. The number of rotatable bonds is 5. The summed E-state index contributed by atoms with van der Waals surface area (Å²) in [5.41, 5.74) is 2.87. The van der Waals surface area contributed by atoms with E-state index in [1.807, 2.05) is 12.3 Å². The third kappa shape index (κ3) is 3.48. The van der Waals surface area contributed by atoms with Gasteiger partial charge in [0.25, 0.3) is 0 Å². The summed E-state index contributed by atoms with van der Waals surface area (Å²) in [6.07, 6.45) is 7.53. The molecule has 0 aromatic carbocycles. The van der Waals surface area contributed by atoms with E-state index in [0.717, 1.165) is 43.0 Å². The maximum absolute atomic E-state index is 11.0. The van der Waals surface area contributed by atoms with Crippen molar-refractivity contribution in [3.8, 4) is 0 Å². The van der Waals surface area contributed by atoms with Crippen LogP contribution in [0.3, 0.4) is 0 Å². The van der Waals surface area contributed by atoms with Gasteiger partial charge < -0.3 is 5.32 Å². The van der Waals surface area contributed by atoms with E-state index < -0.39 is 0 Å². The van der Waals surface area contributed by atoms with Crippen LogP contribution in [0.4, 0.5) is 0 Å². The minimum Gasteiger partial charge on any atom is -0.351 e. The molecule has 1 aliphatic rings. The number of hydrogen-bond donors (Lipinski definition) is 2. The Morgan fingerprint density at radius 2 is 2.41 bits per heavy atom. The molecule has 0 spiro atoms. The Bertz CT molecular complexity index is 627. The van der Waals surface area contributed by atoms with Crippen LogP contribution in [0.1, 0.15) is 42.9 Å². The largest absolute Gasteiger partial charge is 0.351 e. The van der Waals surface area contributed by atoms with Crippen molar-refractivity contribution in [1.29, 1.82) is 0 Å². The molecule has 1 saturated heterocycles. The van der Waals surface area contributed by atoms with E-state index in [1.54, 1.807) is 12.4 Å². The van der Waals surface area contributed by atoms with Gasteiger partial charge in [-0.15, -0.1) is 0 Å². The van der Waals surface area contributed by atoms with Gasteiger partial charge in [-0.3, -0.25) is 24.8 Å². The van der Waals surface area contributed by atoms with Crippen LogP contribution >= 0.6 is 0 Å². The first-order valence-corrected chi connectivity index (χ1v) is 7.50. The van der Waals surface area contributed by atoms with E-state index in [4.69, 9.17) is 0 Å². The monoisotopic (exact) mass is 300 g/mol. The van der Waals surface area contributed by atoms with Crippen LogP contribution in [0.2, 0.25) is 0 Å². The van der Waals surface area contributed by atoms with Crippen molar-refractivity contribution in [2.45, 2.75) is 38.9 Å². The zero-order chi connectivity index (χ0) is 15.4. The van der Waals surface area contributed by atoms with Gasteiger partial charge in [-0.1, -0.05) is 0 Å². The Labute approximate surface area is 129 Å². The van der Waals surface area contributed by atoms with Crippen LogP contribution in [0.5, 0.6) is 0 Å². The molecule has 2 aromatic rings. The first-order valence-electron chi connectivity index (χ1n) is 7.50. The summed E-state index contributed by atoms with van der Waals surface area (Å²) >= 11 is 0. The van der Waals surface area contributed by atoms with Crippen molar-refractivity contribution in [3.63, 3.8) is 0 Å². The van der Waals surface area contributed by atoms with E-state index >= 15 is 0 Å². The van der Waals surface area contributed by atoms with Crippen molar-refractivity contribution in [3.05, 3.63) is 41.7 Å². The molecule has 1 atom stereocenters. The molecule has 0 bridgehead atoms. The molecule has 0 radical (unpaired) electrons. The summed E-state index contributed by atoms with van der Waals surface area (Å²) in [4.78, 5) is 22.3. The lowest BCUT2D eigenvalue weighted by Gasteiger charge is -2.23. The summed E-state index contributed by atoms with van der Waals surface area (Å²) in [5, 5.41) is 9.76. The molecule has 7 heteroatoms. The van der Waals surface area contributed by atoms with E-state index in [2.05, 4.69) is 30.4 Å². The number of nitrogens with zero attached hydrogens (tertiary/aromatic N) is 4. The molecule has 22 heavy (non-hydrogen) atoms. The second kappa shape index (κ2) is 6.65. The highest BCUT2D eigenvalue weighted by Gasteiger charge is 2.27. The van der Waals surface area contributed by atoms with Gasteiger partial charge in [0.1, 0.15) is 0 Å². The SMILES string of the molecule is CC(=O)NCc1cncc([C@H]2CCCN2Cc2ccn[nH]2)n1. The van der Waals surface area contributed by atoms with Crippen LogP contribution in [0.15, 0.2) is 24.7 Å². The van der Waals surface area contributed by atoms with Gasteiger partial charge in [-0.2, -0.15) is 5.10 Å². The van der Waals surface area contributed by atoms with Gasteiger partial charge in [0.15, 0.2) is 0 Å². The van der Waals surface area contributed by atoms with Crippen LogP contribution in [0, 0.1) is 0 Å². The van der Waals surface area contributed by atoms with Crippen LogP contribution in [-0.2, 0) is 17.9 Å². The number of carbonyl (C=O) groups is 1. The molecule has 7 nitrogen and oxygen atoms in total. The average Bonchev–Trinajstić information content (AvgIpc) is 3.18. The quantitative estimate of drug-likeness (QED) is 0.865. The smallest absolute Gasteiger partial charge is 0.217 e. The molecule has 2 aromatic heterocycles. The van der Waals surface area contributed by atoms with Crippen LogP contribution in [0.25, 0.3) is 0 Å². The van der Waals surface area contributed by atoms with Crippen LogP contribution < -0.4 is 5.32 Å². The molecule has 0 aliphatic carbocycles. The number of aromatic nitrogens is 4. The number of aromatic amines is 1. The molecular weight excluding hydrogens is 280 g/mol. The van der Waals surface area contributed by atoms with Crippen molar-refractivity contribution in [1.82, 2.24) is 30.4 Å². The Morgan fingerprint density at radius 3 is 3.18 bits per heavy atom. The molecule has 3 heterocycles. The number of amides is 1. The molecule has 116 valence electrons. The standard InChI is InChI=1S/C15H20N6O/c1-11(22)17-8-13-7-16-9-14(19-13)15-3-2-6-21(15)10-12-4-5-18-20-12/h4-5,7,9,15H,2-3,6,8,10H2,1H3,(H,17,22)(H,18,20)/t15-/m1/s1. The van der Waals surface area contributed by atoms with E-state index in [9.17, 15) is 4.79 Å². The molecular formula is C15H20N6O. The molecule has 1 aliphatic heterocycles. The number of H-pyrrole nitrogens is 1. The third-order valence-electron chi connectivity index (χ3n) is 3.86. The summed E-state index contributed by atoms with van der Waals surface area (Å²) in [5.74, 6) is -0.0612. The van der Waals surface area contributed by atoms with Crippen molar-refractivity contribution >= 4 is 5.91 Å². The Balaban J connectivity index is 1.71. The minimum atomic E-state index is -0.0612. The normalized spacial score (nSPS) is 18.5. The number of likely N-dealkylation sites (tertiary alicyclic amines) is 1. The number of carbonyl (C=O) groups excluding carboxylic acids is 1. The molecule has 1 amide bonds. The molecule has 0 unspecified atom stereocenters. The van der Waals surface area contributed by atoms with E-state index in [-0.39, 0.29) is 11.9 Å². The van der Waals surface area contributed by atoms with Crippen molar-refractivity contribution in [2.24, 2.45) is 0 Å². The Hall–Kier alpha value is -2.28. The van der Waals surface area contributed by atoms with Gasteiger partial charge in [-0.25, -0.2) is 0 Å². The predicted molar refractivity (Wildman–Crippen MR) is 80.5 cm³/mol. The lowest BCUT2D eigenvalue weighted by Crippen LogP contribution is -2.25. The lowest BCUT2D eigenvalue weighted by atomic mass is 10.1. The zero-order valence-electron chi connectivity index (χ0n) is 12.6. The topological polar surface area (TPSA) is 86.8 Å². The second-order valence-corrected chi connectivity index (χ2v) is 5.56. The van der Waals surface area contributed by atoms with Gasteiger partial charge in [-0.05, 0) is 25.5 Å². The highest BCUT2D eigenvalue weighted by atomic mass is 16.1. The van der Waals surface area contributed by atoms with E-state index in [1.165, 1.54) is 6.92 Å². The fraction of sp³-hybridized carbons (Fsp3) is 0.467. The fourth-order valence-electron chi connectivity index (χ4n) is 2.83. The van der Waals surface area contributed by atoms with E-state index in [0.29, 0.717) is 6.54 Å². The summed E-state index contributed by atoms with van der Waals surface area (Å²) in [6, 6.07) is 2.27.